The smallest absolute Gasteiger partial charge is 0.238 e. The van der Waals surface area contributed by atoms with E-state index < -0.39 is 10.0 Å². The molecule has 0 saturated carbocycles. The summed E-state index contributed by atoms with van der Waals surface area (Å²) in [4.78, 5) is 4.22. The predicted molar refractivity (Wildman–Crippen MR) is 99.0 cm³/mol. The molecule has 0 unspecified atom stereocenters. The van der Waals surface area contributed by atoms with E-state index in [1.165, 1.54) is 25.3 Å². The molecule has 0 aliphatic carbocycles. The lowest BCUT2D eigenvalue weighted by Crippen LogP contribution is -2.13. The summed E-state index contributed by atoms with van der Waals surface area (Å²) in [5.41, 5.74) is 1.28. The van der Waals surface area contributed by atoms with E-state index in [9.17, 15) is 13.5 Å². The molecule has 0 amide bonds. The molecule has 1 heterocycles. The second-order valence-corrected chi connectivity index (χ2v) is 6.98. The van der Waals surface area contributed by atoms with Gasteiger partial charge in [-0.15, -0.1) is 0 Å². The van der Waals surface area contributed by atoms with Gasteiger partial charge in [0.15, 0.2) is 0 Å². The summed E-state index contributed by atoms with van der Waals surface area (Å²) >= 11 is 0. The first-order valence-corrected chi connectivity index (χ1v) is 9.16. The number of nitrogens with one attached hydrogen (secondary N) is 1. The summed E-state index contributed by atoms with van der Waals surface area (Å²) < 4.78 is 29.2. The molecule has 0 bridgehead atoms. The third-order valence-electron chi connectivity index (χ3n) is 3.75. The summed E-state index contributed by atoms with van der Waals surface area (Å²) in [5, 5.41) is 18.4. The van der Waals surface area contributed by atoms with E-state index in [0.717, 1.165) is 0 Å². The van der Waals surface area contributed by atoms with Crippen molar-refractivity contribution >= 4 is 21.5 Å². The van der Waals surface area contributed by atoms with Crippen molar-refractivity contribution in [1.82, 2.24) is 4.98 Å². The van der Waals surface area contributed by atoms with Crippen LogP contribution in [0, 0.1) is 0 Å². The van der Waals surface area contributed by atoms with Crippen LogP contribution < -0.4 is 15.2 Å². The highest BCUT2D eigenvalue weighted by Gasteiger charge is 2.19. The minimum atomic E-state index is -3.96. The third kappa shape index (κ3) is 3.61. The largest absolute Gasteiger partial charge is 0.506 e. The zero-order chi connectivity index (χ0) is 18.7. The van der Waals surface area contributed by atoms with Crippen LogP contribution in [0.25, 0.3) is 11.1 Å². The Balaban J connectivity index is 2.18. The number of phenols is 1. The second kappa shape index (κ2) is 7.03. The number of ether oxygens (including phenoxy) is 1. The number of hydrogen-bond acceptors (Lipinski definition) is 6. The summed E-state index contributed by atoms with van der Waals surface area (Å²) in [5.74, 6) is 0.887. The number of hydrogen-bond donors (Lipinski definition) is 3. The number of methoxy groups -OCH3 is 1. The SMILES string of the molecule is COc1ccc(S(N)(=O)=O)c(-c2cccnc2Nc2ccccc2O)c1. The average Bonchev–Trinajstić information content (AvgIpc) is 2.63. The molecule has 0 radical (unpaired) electrons. The maximum absolute atomic E-state index is 12.0. The highest BCUT2D eigenvalue weighted by atomic mass is 32.2. The fourth-order valence-corrected chi connectivity index (χ4v) is 3.26. The van der Waals surface area contributed by atoms with Crippen LogP contribution in [0.4, 0.5) is 11.5 Å². The Morgan fingerprint density at radius 2 is 1.85 bits per heavy atom. The lowest BCUT2D eigenvalue weighted by Gasteiger charge is -2.15. The van der Waals surface area contributed by atoms with Gasteiger partial charge in [-0.2, -0.15) is 0 Å². The summed E-state index contributed by atoms with van der Waals surface area (Å²) in [6.07, 6.45) is 1.56. The van der Waals surface area contributed by atoms with Gasteiger partial charge < -0.3 is 15.2 Å². The first kappa shape index (κ1) is 17.7. The second-order valence-electron chi connectivity index (χ2n) is 5.45. The fourth-order valence-electron chi connectivity index (χ4n) is 2.52. The molecule has 0 spiro atoms. The highest BCUT2D eigenvalue weighted by Crippen LogP contribution is 2.36. The minimum Gasteiger partial charge on any atom is -0.506 e. The number of rotatable bonds is 5. The van der Waals surface area contributed by atoms with E-state index in [4.69, 9.17) is 9.88 Å². The molecule has 0 aliphatic heterocycles. The van der Waals surface area contributed by atoms with Crippen molar-refractivity contribution in [3.63, 3.8) is 0 Å². The standard InChI is InChI=1S/C18H17N3O4S/c1-25-12-8-9-17(26(19,23)24)14(11-12)13-5-4-10-20-18(13)21-15-6-2-3-7-16(15)22/h2-11,22H,1H3,(H,20,21)(H2,19,23,24). The summed E-state index contributed by atoms with van der Waals surface area (Å²) in [7, 11) is -2.48. The number of sulfonamides is 1. The van der Waals surface area contributed by atoms with Crippen LogP contribution in [0.3, 0.4) is 0 Å². The van der Waals surface area contributed by atoms with Crippen LogP contribution in [-0.2, 0) is 10.0 Å². The number of primary sulfonamides is 1. The van der Waals surface area contributed by atoms with Crippen molar-refractivity contribution in [2.24, 2.45) is 5.14 Å². The molecule has 2 aromatic carbocycles. The van der Waals surface area contributed by atoms with E-state index >= 15 is 0 Å². The van der Waals surface area contributed by atoms with Crippen molar-refractivity contribution in [2.45, 2.75) is 4.90 Å². The molecule has 4 N–H and O–H groups in total. The number of aromatic hydroxyl groups is 1. The molecule has 8 heteroatoms. The van der Waals surface area contributed by atoms with Crippen molar-refractivity contribution in [3.05, 3.63) is 60.8 Å². The molecule has 3 rings (SSSR count). The first-order valence-electron chi connectivity index (χ1n) is 7.61. The quantitative estimate of drug-likeness (QED) is 0.594. The van der Waals surface area contributed by atoms with E-state index in [1.807, 2.05) is 0 Å². The number of pyridine rings is 1. The fraction of sp³-hybridized carbons (Fsp3) is 0.0556. The Labute approximate surface area is 151 Å². The van der Waals surface area contributed by atoms with Crippen LogP contribution in [0.5, 0.6) is 11.5 Å². The number of aromatic nitrogens is 1. The van der Waals surface area contributed by atoms with Gasteiger partial charge in [0.1, 0.15) is 17.3 Å². The van der Waals surface area contributed by atoms with Gasteiger partial charge in [-0.1, -0.05) is 12.1 Å². The van der Waals surface area contributed by atoms with Gasteiger partial charge in [-0.25, -0.2) is 18.5 Å². The number of nitrogens with zero attached hydrogens (tertiary/aromatic N) is 1. The molecule has 3 aromatic rings. The number of phenolic OH excluding ortho intramolecular Hbond substituents is 1. The Kier molecular flexibility index (Phi) is 4.79. The Morgan fingerprint density at radius 1 is 1.08 bits per heavy atom. The van der Waals surface area contributed by atoms with Gasteiger partial charge >= 0.3 is 0 Å². The van der Waals surface area contributed by atoms with Crippen LogP contribution in [-0.4, -0.2) is 25.6 Å². The molecular weight excluding hydrogens is 354 g/mol. The topological polar surface area (TPSA) is 115 Å². The van der Waals surface area contributed by atoms with Crippen molar-refractivity contribution in [3.8, 4) is 22.6 Å². The van der Waals surface area contributed by atoms with E-state index in [0.29, 0.717) is 28.4 Å². The van der Waals surface area contributed by atoms with Crippen molar-refractivity contribution < 1.29 is 18.3 Å². The Bertz CT molecular complexity index is 1050. The van der Waals surface area contributed by atoms with Crippen LogP contribution in [0.2, 0.25) is 0 Å². The maximum atomic E-state index is 12.0. The van der Waals surface area contributed by atoms with E-state index in [2.05, 4.69) is 10.3 Å². The Hall–Kier alpha value is -3.10. The zero-order valence-corrected chi connectivity index (χ0v) is 14.7. The summed E-state index contributed by atoms with van der Waals surface area (Å²) in [6, 6.07) is 14.5. The number of benzene rings is 2. The number of nitrogens with two attached hydrogens (primary N) is 1. The molecule has 26 heavy (non-hydrogen) atoms. The normalized spacial score (nSPS) is 11.2. The lowest BCUT2D eigenvalue weighted by molar-refractivity contribution is 0.414. The van der Waals surface area contributed by atoms with Crippen LogP contribution >= 0.6 is 0 Å². The van der Waals surface area contributed by atoms with Crippen LogP contribution in [0.1, 0.15) is 0 Å². The van der Waals surface area contributed by atoms with Crippen molar-refractivity contribution in [2.75, 3.05) is 12.4 Å². The van der Waals surface area contributed by atoms with Gasteiger partial charge in [0.25, 0.3) is 0 Å². The molecule has 0 saturated heterocycles. The van der Waals surface area contributed by atoms with Gasteiger partial charge in [0.2, 0.25) is 10.0 Å². The van der Waals surface area contributed by atoms with E-state index in [1.54, 1.807) is 42.6 Å². The molecule has 0 aliphatic rings. The Morgan fingerprint density at radius 3 is 2.54 bits per heavy atom. The molecular formula is C18H17N3O4S. The predicted octanol–water partition coefficient (Wildman–Crippen LogP) is 2.85. The molecule has 134 valence electrons. The molecule has 1 aromatic heterocycles. The van der Waals surface area contributed by atoms with Crippen LogP contribution in [0.15, 0.2) is 65.7 Å². The van der Waals surface area contributed by atoms with E-state index in [-0.39, 0.29) is 10.6 Å². The van der Waals surface area contributed by atoms with Gasteiger partial charge in [-0.3, -0.25) is 0 Å². The first-order chi connectivity index (χ1) is 12.4. The van der Waals surface area contributed by atoms with Gasteiger partial charge in [0.05, 0.1) is 17.7 Å². The molecule has 0 fully saturated rings. The van der Waals surface area contributed by atoms with Gasteiger partial charge in [0, 0.05) is 17.3 Å². The van der Waals surface area contributed by atoms with Crippen molar-refractivity contribution in [1.29, 1.82) is 0 Å². The molecule has 7 nitrogen and oxygen atoms in total. The third-order valence-corrected chi connectivity index (χ3v) is 4.72. The zero-order valence-electron chi connectivity index (χ0n) is 13.9. The van der Waals surface area contributed by atoms with Gasteiger partial charge in [-0.05, 0) is 42.5 Å². The number of para-hydroxylation sites is 2. The number of anilines is 2. The lowest BCUT2D eigenvalue weighted by atomic mass is 10.1. The molecule has 0 atom stereocenters. The minimum absolute atomic E-state index is 0.0430. The maximum Gasteiger partial charge on any atom is 0.238 e. The highest BCUT2D eigenvalue weighted by molar-refractivity contribution is 7.89. The summed E-state index contributed by atoms with van der Waals surface area (Å²) in [6.45, 7) is 0. The average molecular weight is 371 g/mol. The monoisotopic (exact) mass is 371 g/mol.